The highest BCUT2D eigenvalue weighted by atomic mass is 16.2. The van der Waals surface area contributed by atoms with Crippen molar-refractivity contribution in [1.29, 1.82) is 5.26 Å². The van der Waals surface area contributed by atoms with Gasteiger partial charge in [-0.25, -0.2) is 0 Å². The Hall–Kier alpha value is -3.91. The number of nitriles is 1. The van der Waals surface area contributed by atoms with E-state index < -0.39 is 6.04 Å². The van der Waals surface area contributed by atoms with Crippen LogP contribution in [0, 0.1) is 11.3 Å². The third-order valence-corrected chi connectivity index (χ3v) is 4.85. The highest BCUT2D eigenvalue weighted by Crippen LogP contribution is 2.19. The van der Waals surface area contributed by atoms with Gasteiger partial charge >= 0.3 is 0 Å². The minimum atomic E-state index is -0.435. The van der Waals surface area contributed by atoms with Crippen LogP contribution in [0.3, 0.4) is 0 Å². The van der Waals surface area contributed by atoms with Crippen LogP contribution in [0.2, 0.25) is 0 Å². The number of hydrogen-bond acceptors (Lipinski definition) is 3. The molecule has 3 rings (SSSR count). The van der Waals surface area contributed by atoms with E-state index in [2.05, 4.69) is 11.4 Å². The highest BCUT2D eigenvalue weighted by molar-refractivity contribution is 5.94. The Labute approximate surface area is 176 Å². The molecule has 5 nitrogen and oxygen atoms in total. The summed E-state index contributed by atoms with van der Waals surface area (Å²) in [5.41, 5.74) is 2.95. The predicted octanol–water partition coefficient (Wildman–Crippen LogP) is 4.08. The van der Waals surface area contributed by atoms with Crippen molar-refractivity contribution >= 4 is 11.8 Å². The summed E-state index contributed by atoms with van der Waals surface area (Å²) < 4.78 is 0. The van der Waals surface area contributed by atoms with Crippen LogP contribution >= 0.6 is 0 Å². The summed E-state index contributed by atoms with van der Waals surface area (Å²) in [5, 5.41) is 11.9. The van der Waals surface area contributed by atoms with Crippen molar-refractivity contribution in [3.63, 3.8) is 0 Å². The fraction of sp³-hybridized carbons (Fsp3) is 0.160. The molecule has 0 radical (unpaired) electrons. The van der Waals surface area contributed by atoms with Crippen molar-refractivity contribution in [2.24, 2.45) is 0 Å². The van der Waals surface area contributed by atoms with Crippen molar-refractivity contribution < 1.29 is 9.59 Å². The van der Waals surface area contributed by atoms with E-state index in [9.17, 15) is 9.59 Å². The van der Waals surface area contributed by atoms with Gasteiger partial charge in [0.2, 0.25) is 5.91 Å². The molecule has 5 heteroatoms. The predicted molar refractivity (Wildman–Crippen MR) is 115 cm³/mol. The first-order chi connectivity index (χ1) is 14.6. The molecule has 1 N–H and O–H groups in total. The lowest BCUT2D eigenvalue weighted by Gasteiger charge is -2.23. The second-order valence-electron chi connectivity index (χ2n) is 7.07. The summed E-state index contributed by atoms with van der Waals surface area (Å²) in [7, 11) is 1.74. The Kier molecular flexibility index (Phi) is 6.96. The van der Waals surface area contributed by atoms with Gasteiger partial charge in [-0.15, -0.1) is 0 Å². The first kappa shape index (κ1) is 20.8. The van der Waals surface area contributed by atoms with Gasteiger partial charge in [-0.3, -0.25) is 9.59 Å². The van der Waals surface area contributed by atoms with E-state index in [-0.39, 0.29) is 18.2 Å². The summed E-state index contributed by atoms with van der Waals surface area (Å²) in [4.78, 5) is 27.2. The zero-order chi connectivity index (χ0) is 21.3. The Balaban J connectivity index is 1.71. The second kappa shape index (κ2) is 10.0. The molecule has 0 aliphatic rings. The molecule has 150 valence electrons. The van der Waals surface area contributed by atoms with E-state index in [1.54, 1.807) is 36.2 Å². The lowest BCUT2D eigenvalue weighted by Crippen LogP contribution is -2.34. The van der Waals surface area contributed by atoms with E-state index >= 15 is 0 Å². The van der Waals surface area contributed by atoms with Crippen LogP contribution in [-0.2, 0) is 11.3 Å². The van der Waals surface area contributed by atoms with E-state index in [1.165, 1.54) is 0 Å². The van der Waals surface area contributed by atoms with Gasteiger partial charge in [0, 0.05) is 19.2 Å². The minimum absolute atomic E-state index is 0.0819. The van der Waals surface area contributed by atoms with Gasteiger partial charge in [-0.2, -0.15) is 5.26 Å². The monoisotopic (exact) mass is 397 g/mol. The quantitative estimate of drug-likeness (QED) is 0.653. The molecule has 0 spiro atoms. The van der Waals surface area contributed by atoms with Crippen LogP contribution in [0.25, 0.3) is 0 Å². The highest BCUT2D eigenvalue weighted by Gasteiger charge is 2.21. The van der Waals surface area contributed by atoms with Crippen LogP contribution in [0.15, 0.2) is 84.9 Å². The fourth-order valence-electron chi connectivity index (χ4n) is 3.15. The van der Waals surface area contributed by atoms with Gasteiger partial charge in [-0.05, 0) is 35.4 Å². The Morgan fingerprint density at radius 3 is 2.13 bits per heavy atom. The molecule has 30 heavy (non-hydrogen) atoms. The summed E-state index contributed by atoms with van der Waals surface area (Å²) in [5.74, 6) is -0.298. The smallest absolute Gasteiger partial charge is 0.251 e. The van der Waals surface area contributed by atoms with Crippen LogP contribution in [0.1, 0.15) is 39.5 Å². The molecular weight excluding hydrogens is 374 g/mol. The van der Waals surface area contributed by atoms with Gasteiger partial charge in [0.1, 0.15) is 0 Å². The molecule has 0 aromatic heterocycles. The maximum Gasteiger partial charge on any atom is 0.251 e. The molecule has 3 aromatic rings. The van der Waals surface area contributed by atoms with E-state index in [4.69, 9.17) is 5.26 Å². The summed E-state index contributed by atoms with van der Waals surface area (Å²) in [6, 6.07) is 27.3. The van der Waals surface area contributed by atoms with Gasteiger partial charge in [0.15, 0.2) is 0 Å². The van der Waals surface area contributed by atoms with Crippen LogP contribution in [0.4, 0.5) is 0 Å². The van der Waals surface area contributed by atoms with Crippen LogP contribution in [-0.4, -0.2) is 23.8 Å². The fourth-order valence-corrected chi connectivity index (χ4v) is 3.15. The molecule has 1 unspecified atom stereocenters. The number of rotatable bonds is 7. The minimum Gasteiger partial charge on any atom is -0.345 e. The molecule has 3 aromatic carbocycles. The second-order valence-corrected chi connectivity index (χ2v) is 7.07. The molecule has 0 bridgehead atoms. The van der Waals surface area contributed by atoms with Gasteiger partial charge in [0.25, 0.3) is 5.91 Å². The molecule has 0 saturated carbocycles. The van der Waals surface area contributed by atoms with Crippen molar-refractivity contribution in [1.82, 2.24) is 10.2 Å². The number of carbonyl (C=O) groups is 2. The largest absolute Gasteiger partial charge is 0.345 e. The van der Waals surface area contributed by atoms with E-state index in [0.29, 0.717) is 17.7 Å². The number of hydrogen-bond donors (Lipinski definition) is 1. The van der Waals surface area contributed by atoms with Crippen molar-refractivity contribution in [2.45, 2.75) is 19.0 Å². The maximum atomic E-state index is 12.9. The summed E-state index contributed by atoms with van der Waals surface area (Å²) in [6.45, 7) is 0.429. The van der Waals surface area contributed by atoms with E-state index in [1.807, 2.05) is 60.7 Å². The average Bonchev–Trinajstić information content (AvgIpc) is 2.80. The molecule has 0 aliphatic heterocycles. The van der Waals surface area contributed by atoms with Gasteiger partial charge < -0.3 is 10.2 Å². The first-order valence-corrected chi connectivity index (χ1v) is 9.70. The number of nitrogens with zero attached hydrogens (tertiary/aromatic N) is 2. The first-order valence-electron chi connectivity index (χ1n) is 9.70. The third kappa shape index (κ3) is 5.55. The Bertz CT molecular complexity index is 1030. The third-order valence-electron chi connectivity index (χ3n) is 4.85. The lowest BCUT2D eigenvalue weighted by molar-refractivity contribution is -0.130. The van der Waals surface area contributed by atoms with Crippen molar-refractivity contribution in [2.75, 3.05) is 7.05 Å². The Morgan fingerprint density at radius 1 is 0.933 bits per heavy atom. The molecule has 1 atom stereocenters. The van der Waals surface area contributed by atoms with Crippen LogP contribution < -0.4 is 5.32 Å². The van der Waals surface area contributed by atoms with Crippen molar-refractivity contribution in [3.8, 4) is 6.07 Å². The Morgan fingerprint density at radius 2 is 1.53 bits per heavy atom. The van der Waals surface area contributed by atoms with Crippen molar-refractivity contribution in [3.05, 3.63) is 107 Å². The maximum absolute atomic E-state index is 12.9. The van der Waals surface area contributed by atoms with Crippen LogP contribution in [0.5, 0.6) is 0 Å². The molecule has 0 heterocycles. The molecule has 0 saturated heterocycles. The van der Waals surface area contributed by atoms with E-state index in [0.717, 1.165) is 11.1 Å². The molecule has 0 aliphatic carbocycles. The van der Waals surface area contributed by atoms with Gasteiger partial charge in [-0.1, -0.05) is 60.7 Å². The molecule has 2 amide bonds. The normalized spacial score (nSPS) is 11.2. The topological polar surface area (TPSA) is 73.2 Å². The van der Waals surface area contributed by atoms with Gasteiger partial charge in [0.05, 0.1) is 24.1 Å². The number of carbonyl (C=O) groups excluding carboxylic acids is 2. The summed E-state index contributed by atoms with van der Waals surface area (Å²) in [6.07, 6.45) is 0.148. The zero-order valence-electron chi connectivity index (χ0n) is 16.8. The lowest BCUT2D eigenvalue weighted by atomic mass is 10.0. The standard InChI is InChI=1S/C25H23N3O2/c1-28(18-20-14-12-19(17-26)13-15-20)24(29)16-23(21-8-4-2-5-9-21)27-25(30)22-10-6-3-7-11-22/h2-15,23H,16,18H2,1H3,(H,27,30). The number of benzene rings is 3. The SMILES string of the molecule is CN(Cc1ccc(C#N)cc1)C(=O)CC(NC(=O)c1ccccc1)c1ccccc1. The number of amides is 2. The number of nitrogens with one attached hydrogen (secondary N) is 1. The zero-order valence-corrected chi connectivity index (χ0v) is 16.8. The molecule has 0 fully saturated rings. The summed E-state index contributed by atoms with van der Waals surface area (Å²) >= 11 is 0. The average molecular weight is 397 g/mol. The molecular formula is C25H23N3O2.